The molecule has 0 radical (unpaired) electrons. The number of pyridine rings is 2. The lowest BCUT2D eigenvalue weighted by atomic mass is 9.86. The summed E-state index contributed by atoms with van der Waals surface area (Å²) in [5.41, 5.74) is -3.75. The van der Waals surface area contributed by atoms with Gasteiger partial charge in [-0.3, -0.25) is 4.98 Å². The lowest BCUT2D eigenvalue weighted by Crippen LogP contribution is -1.92. The zero-order valence-corrected chi connectivity index (χ0v) is 28.8. The van der Waals surface area contributed by atoms with Crippen LogP contribution in [0.15, 0.2) is 198 Å². The van der Waals surface area contributed by atoms with E-state index >= 15 is 0 Å². The van der Waals surface area contributed by atoms with Crippen molar-refractivity contribution in [2.45, 2.75) is 0 Å². The van der Waals surface area contributed by atoms with E-state index < -0.39 is 218 Å². The highest BCUT2D eigenvalue weighted by atomic mass is 16.3. The SMILES string of the molecule is [2H]c1nc2c(c([2H])c1[2H])c([2H])c([2H])c1c([2H])c([2H])c(-c3ccc(-c4c(-c5c([2H])c([2H])c([2H])c([2H])c5[2H])oc(-c5c([2H])c([2H])c6c([2H])c([2H])c7c([2H])c([2H])c([2H])c8c([2H])c([2H])c5c6c78)c4-c4c([2H])c([2H])c([2H])c([2H])c4[2H])c4ccccc34)nc12. The van der Waals surface area contributed by atoms with Gasteiger partial charge in [-0.2, -0.15) is 0 Å². The van der Waals surface area contributed by atoms with E-state index in [1.165, 1.54) is 24.3 Å². The second kappa shape index (κ2) is 12.5. The number of nitrogens with zero attached hydrogens (tertiary/aromatic N) is 2. The van der Waals surface area contributed by atoms with Crippen LogP contribution in [0.4, 0.5) is 0 Å². The van der Waals surface area contributed by atoms with Crippen LogP contribution in [0.5, 0.6) is 0 Å². The molecule has 0 aliphatic carbocycles. The van der Waals surface area contributed by atoms with Gasteiger partial charge in [0, 0.05) is 44.8 Å². The van der Waals surface area contributed by atoms with Crippen LogP contribution in [0.1, 0.15) is 35.6 Å². The molecular formula is C54H32N2O. The van der Waals surface area contributed by atoms with Crippen molar-refractivity contribution in [3.05, 3.63) is 194 Å². The topological polar surface area (TPSA) is 38.9 Å². The van der Waals surface area contributed by atoms with Crippen LogP contribution in [-0.2, 0) is 0 Å². The van der Waals surface area contributed by atoms with Crippen molar-refractivity contribution >= 4 is 64.9 Å². The van der Waals surface area contributed by atoms with Crippen LogP contribution in [0.3, 0.4) is 0 Å². The van der Waals surface area contributed by atoms with E-state index in [0.29, 0.717) is 0 Å². The molecule has 3 heteroatoms. The molecule has 12 rings (SSSR count). The fourth-order valence-corrected chi connectivity index (χ4v) is 7.42. The molecule has 9 aromatic carbocycles. The van der Waals surface area contributed by atoms with Gasteiger partial charge in [0.25, 0.3) is 0 Å². The maximum Gasteiger partial charge on any atom is 0.143 e. The van der Waals surface area contributed by atoms with Crippen molar-refractivity contribution in [1.29, 1.82) is 0 Å². The molecule has 0 aliphatic heterocycles. The summed E-state index contributed by atoms with van der Waals surface area (Å²) in [6.07, 6.45) is -0.669. The summed E-state index contributed by atoms with van der Waals surface area (Å²) < 4.78 is 242. The molecule has 0 atom stereocenters. The van der Waals surface area contributed by atoms with Gasteiger partial charge < -0.3 is 4.42 Å². The first kappa shape index (κ1) is 15.5. The van der Waals surface area contributed by atoms with Crippen molar-refractivity contribution in [3.63, 3.8) is 0 Å². The summed E-state index contributed by atoms with van der Waals surface area (Å²) in [6.45, 7) is 0. The van der Waals surface area contributed by atoms with Crippen LogP contribution < -0.4 is 0 Å². The van der Waals surface area contributed by atoms with Crippen LogP contribution in [0, 0.1) is 0 Å². The van der Waals surface area contributed by atoms with E-state index in [2.05, 4.69) is 4.98 Å². The highest BCUT2D eigenvalue weighted by Crippen LogP contribution is 2.52. The molecular weight excluding hydrogens is 693 g/mol. The van der Waals surface area contributed by atoms with Gasteiger partial charge in [0.2, 0.25) is 0 Å². The third-order valence-corrected chi connectivity index (χ3v) is 9.82. The zero-order valence-electron chi connectivity index (χ0n) is 54.8. The number of benzene rings is 9. The largest absolute Gasteiger partial charge is 0.455 e. The van der Waals surface area contributed by atoms with Gasteiger partial charge in [0.1, 0.15) is 11.5 Å². The Labute approximate surface area is 365 Å². The first-order chi connectivity index (χ1) is 39.1. The van der Waals surface area contributed by atoms with Gasteiger partial charge in [-0.15, -0.1) is 0 Å². The van der Waals surface area contributed by atoms with Gasteiger partial charge in [0.05, 0.1) is 52.4 Å². The first-order valence-electron chi connectivity index (χ1n) is 30.3. The second-order valence-corrected chi connectivity index (χ2v) is 12.8. The Morgan fingerprint density at radius 3 is 1.81 bits per heavy atom. The normalized spacial score (nSPS) is 18.2. The van der Waals surface area contributed by atoms with E-state index in [9.17, 15) is 15.1 Å². The molecule has 0 unspecified atom stereocenters. The molecule has 0 saturated heterocycles. The van der Waals surface area contributed by atoms with Crippen molar-refractivity contribution in [2.75, 3.05) is 0 Å². The standard InChI is InChI=1S/C54H32N2O/c1-3-11-33(12-4-1)49-50(43-30-29-42(40-18-7-8-19-41(40)43)46-31-26-38-23-22-37-17-10-32-55-51(37)52(38)56-46)53(39-13-5-2-6-14-39)57-54(49)45-28-25-36-21-20-34-15-9-16-35-24-27-44(45)48(36)47(34)35/h1-32H/i1D,2D,3D,4D,5D,6D,9D,10D,11D,12D,13D,14D,15D,16D,17D,20D,21D,22D,23D,24D,25D,26D,27D,28D,31D,32D. The van der Waals surface area contributed by atoms with E-state index in [1.54, 1.807) is 12.1 Å². The highest BCUT2D eigenvalue weighted by Gasteiger charge is 2.28. The minimum atomic E-state index is -0.916. The summed E-state index contributed by atoms with van der Waals surface area (Å²) in [5.74, 6) is -1.41. The minimum Gasteiger partial charge on any atom is -0.455 e. The number of hydrogen-bond acceptors (Lipinski definition) is 3. The van der Waals surface area contributed by atoms with Gasteiger partial charge in [-0.25, -0.2) is 4.98 Å². The van der Waals surface area contributed by atoms with E-state index in [0.717, 1.165) is 0 Å². The molecule has 0 saturated carbocycles. The summed E-state index contributed by atoms with van der Waals surface area (Å²) >= 11 is 0. The van der Waals surface area contributed by atoms with Crippen LogP contribution >= 0.6 is 0 Å². The van der Waals surface area contributed by atoms with Gasteiger partial charge in [-0.05, 0) is 72.3 Å². The Hall–Kier alpha value is -7.62. The molecule has 264 valence electrons. The highest BCUT2D eigenvalue weighted by molar-refractivity contribution is 6.26. The Bertz CT molecular complexity index is 4970. The fourth-order valence-electron chi connectivity index (χ4n) is 7.42. The predicted molar refractivity (Wildman–Crippen MR) is 238 cm³/mol. The summed E-state index contributed by atoms with van der Waals surface area (Å²) in [4.78, 5) is 8.88. The van der Waals surface area contributed by atoms with Crippen LogP contribution in [-0.4, -0.2) is 9.97 Å². The Kier molecular flexibility index (Phi) is 3.38. The lowest BCUT2D eigenvalue weighted by Gasteiger charge is -2.15. The molecule has 3 nitrogen and oxygen atoms in total. The number of furan rings is 1. The molecule has 12 aromatic rings. The third kappa shape index (κ3) is 4.86. The minimum absolute atomic E-state index is 0.0722. The molecule has 3 heterocycles. The Morgan fingerprint density at radius 1 is 0.404 bits per heavy atom. The van der Waals surface area contributed by atoms with Crippen molar-refractivity contribution in [1.82, 2.24) is 9.97 Å². The first-order valence-corrected chi connectivity index (χ1v) is 17.3. The summed E-state index contributed by atoms with van der Waals surface area (Å²) in [5, 5.41) is -2.75. The summed E-state index contributed by atoms with van der Waals surface area (Å²) in [6, 6.07) is -10.6. The summed E-state index contributed by atoms with van der Waals surface area (Å²) in [7, 11) is 0. The number of fused-ring (bicyclic) bond motifs is 4. The maximum absolute atomic E-state index is 9.83. The number of hydrogen-bond donors (Lipinski definition) is 0. The number of rotatable bonds is 5. The number of aromatic nitrogens is 2. The van der Waals surface area contributed by atoms with Gasteiger partial charge >= 0.3 is 0 Å². The zero-order chi connectivity index (χ0) is 60.1. The quantitative estimate of drug-likeness (QED) is 0.164. The van der Waals surface area contributed by atoms with E-state index in [-0.39, 0.29) is 60.2 Å². The van der Waals surface area contributed by atoms with Gasteiger partial charge in [-0.1, -0.05) is 169 Å². The molecule has 0 aliphatic rings. The molecule has 0 N–H and O–H groups in total. The second-order valence-electron chi connectivity index (χ2n) is 12.8. The average molecular weight is 751 g/mol. The Morgan fingerprint density at radius 2 is 1.02 bits per heavy atom. The van der Waals surface area contributed by atoms with E-state index in [4.69, 9.17) is 30.0 Å². The van der Waals surface area contributed by atoms with Crippen molar-refractivity contribution in [2.24, 2.45) is 0 Å². The van der Waals surface area contributed by atoms with Crippen molar-refractivity contribution < 1.29 is 40.1 Å². The maximum atomic E-state index is 9.83. The molecule has 0 spiro atoms. The van der Waals surface area contributed by atoms with E-state index in [1.807, 2.05) is 0 Å². The molecule has 57 heavy (non-hydrogen) atoms. The van der Waals surface area contributed by atoms with Gasteiger partial charge in [0.15, 0.2) is 0 Å². The molecule has 0 amide bonds. The smallest absolute Gasteiger partial charge is 0.143 e. The third-order valence-electron chi connectivity index (χ3n) is 9.82. The predicted octanol–water partition coefficient (Wildman–Crippen LogP) is 14.8. The molecule has 0 fully saturated rings. The average Bonchev–Trinajstić information content (AvgIpc) is 1.93. The fraction of sp³-hybridized carbons (Fsp3) is 0. The molecule has 3 aromatic heterocycles. The molecule has 0 bridgehead atoms. The lowest BCUT2D eigenvalue weighted by molar-refractivity contribution is 0.599. The van der Waals surface area contributed by atoms with Crippen LogP contribution in [0.2, 0.25) is 0 Å². The Balaban J connectivity index is 1.32. The van der Waals surface area contributed by atoms with Crippen LogP contribution in [0.25, 0.3) is 121 Å². The monoisotopic (exact) mass is 750 g/mol. The van der Waals surface area contributed by atoms with Crippen molar-refractivity contribution in [3.8, 4) is 56.2 Å².